The lowest BCUT2D eigenvalue weighted by atomic mass is 10.00. The van der Waals surface area contributed by atoms with Gasteiger partial charge in [0.15, 0.2) is 5.78 Å². The second-order valence-electron chi connectivity index (χ2n) is 3.10. The highest BCUT2D eigenvalue weighted by Gasteiger charge is 2.20. The largest absolute Gasteiger partial charge is 0.367 e. The molecule has 0 bridgehead atoms. The van der Waals surface area contributed by atoms with Gasteiger partial charge in [0.05, 0.1) is 0 Å². The molecule has 0 unspecified atom stereocenters. The van der Waals surface area contributed by atoms with Gasteiger partial charge in [-0.1, -0.05) is 6.92 Å². The summed E-state index contributed by atoms with van der Waals surface area (Å²) in [5.41, 5.74) is -0.371. The number of carbonyl (C=O) groups is 1. The predicted molar refractivity (Wildman–Crippen MR) is 47.9 cm³/mol. The summed E-state index contributed by atoms with van der Waals surface area (Å²) in [6, 6.07) is 0. The van der Waals surface area contributed by atoms with Crippen molar-refractivity contribution in [3.05, 3.63) is 24.3 Å². The average molecular weight is 166 g/mol. The Hall–Kier alpha value is -0.890. The zero-order valence-corrected chi connectivity index (χ0v) is 7.54. The summed E-state index contributed by atoms with van der Waals surface area (Å²) < 4.78 is 5.54. The maximum atomic E-state index is 10.8. The standard InChI is InChI=1S/C10H14O2/c1-3-8-12-10(2)6-4-9(11)5-7-10/h4-7H,3,8H2,1-2H3. The molecule has 2 nitrogen and oxygen atoms in total. The molecule has 0 spiro atoms. The van der Waals surface area contributed by atoms with Crippen LogP contribution in [0.3, 0.4) is 0 Å². The molecule has 2 heteroatoms. The van der Waals surface area contributed by atoms with Gasteiger partial charge in [0.2, 0.25) is 0 Å². The number of carbonyl (C=O) groups excluding carboxylic acids is 1. The molecule has 0 aliphatic heterocycles. The molecule has 0 saturated carbocycles. The van der Waals surface area contributed by atoms with Crippen LogP contribution in [0.5, 0.6) is 0 Å². The Morgan fingerprint density at radius 2 is 2.00 bits per heavy atom. The molecule has 12 heavy (non-hydrogen) atoms. The molecule has 1 aliphatic rings. The van der Waals surface area contributed by atoms with Crippen molar-refractivity contribution in [2.75, 3.05) is 6.61 Å². The smallest absolute Gasteiger partial charge is 0.178 e. The lowest BCUT2D eigenvalue weighted by Gasteiger charge is -2.24. The van der Waals surface area contributed by atoms with E-state index in [1.807, 2.05) is 6.92 Å². The first kappa shape index (κ1) is 9.20. The van der Waals surface area contributed by atoms with Crippen molar-refractivity contribution in [2.24, 2.45) is 0 Å². The van der Waals surface area contributed by atoms with Crippen LogP contribution in [-0.2, 0) is 9.53 Å². The lowest BCUT2D eigenvalue weighted by Crippen LogP contribution is -2.26. The minimum absolute atomic E-state index is 0.0348. The Kier molecular flexibility index (Phi) is 2.82. The molecule has 1 aliphatic carbocycles. The zero-order valence-electron chi connectivity index (χ0n) is 7.54. The quantitative estimate of drug-likeness (QED) is 0.639. The van der Waals surface area contributed by atoms with Gasteiger partial charge < -0.3 is 4.74 Å². The fourth-order valence-electron chi connectivity index (χ4n) is 1.02. The van der Waals surface area contributed by atoms with Crippen LogP contribution in [0.2, 0.25) is 0 Å². The second kappa shape index (κ2) is 3.68. The Morgan fingerprint density at radius 3 is 2.50 bits per heavy atom. The first-order valence-corrected chi connectivity index (χ1v) is 4.23. The van der Waals surface area contributed by atoms with E-state index >= 15 is 0 Å². The van der Waals surface area contributed by atoms with Crippen LogP contribution >= 0.6 is 0 Å². The zero-order chi connectivity index (χ0) is 9.03. The highest BCUT2D eigenvalue weighted by atomic mass is 16.5. The van der Waals surface area contributed by atoms with Crippen LogP contribution in [0.15, 0.2) is 24.3 Å². The third kappa shape index (κ3) is 2.31. The maximum absolute atomic E-state index is 10.8. The van der Waals surface area contributed by atoms with Crippen LogP contribution in [0, 0.1) is 0 Å². The van der Waals surface area contributed by atoms with Crippen molar-refractivity contribution in [2.45, 2.75) is 25.9 Å². The van der Waals surface area contributed by atoms with Crippen LogP contribution in [-0.4, -0.2) is 18.0 Å². The summed E-state index contributed by atoms with van der Waals surface area (Å²) in [7, 11) is 0. The molecule has 66 valence electrons. The summed E-state index contributed by atoms with van der Waals surface area (Å²) in [5, 5.41) is 0. The normalized spacial score (nSPS) is 20.0. The molecule has 0 atom stereocenters. The number of ether oxygens (including phenoxy) is 1. The molecular weight excluding hydrogens is 152 g/mol. The van der Waals surface area contributed by atoms with Gasteiger partial charge in [-0.25, -0.2) is 0 Å². The number of ketones is 1. The van der Waals surface area contributed by atoms with E-state index < -0.39 is 0 Å². The van der Waals surface area contributed by atoms with Crippen molar-refractivity contribution < 1.29 is 9.53 Å². The lowest BCUT2D eigenvalue weighted by molar-refractivity contribution is -0.110. The Bertz CT molecular complexity index is 210. The monoisotopic (exact) mass is 166 g/mol. The highest BCUT2D eigenvalue weighted by Crippen LogP contribution is 2.18. The molecule has 0 aromatic carbocycles. The van der Waals surface area contributed by atoms with Gasteiger partial charge in [-0.3, -0.25) is 4.79 Å². The van der Waals surface area contributed by atoms with Gasteiger partial charge in [0.1, 0.15) is 5.60 Å². The summed E-state index contributed by atoms with van der Waals surface area (Å²) in [6.45, 7) is 4.73. The molecule has 0 aromatic rings. The minimum Gasteiger partial charge on any atom is -0.367 e. The van der Waals surface area contributed by atoms with Crippen LogP contribution < -0.4 is 0 Å². The van der Waals surface area contributed by atoms with Crippen LogP contribution in [0.4, 0.5) is 0 Å². The molecule has 0 amide bonds. The van der Waals surface area contributed by atoms with Gasteiger partial charge in [-0.05, 0) is 37.6 Å². The van der Waals surface area contributed by atoms with Gasteiger partial charge in [-0.2, -0.15) is 0 Å². The molecule has 0 heterocycles. The minimum atomic E-state index is -0.371. The van der Waals surface area contributed by atoms with Gasteiger partial charge in [-0.15, -0.1) is 0 Å². The number of rotatable bonds is 3. The van der Waals surface area contributed by atoms with Gasteiger partial charge in [0.25, 0.3) is 0 Å². The van der Waals surface area contributed by atoms with Crippen molar-refractivity contribution in [3.8, 4) is 0 Å². The number of hydrogen-bond acceptors (Lipinski definition) is 2. The predicted octanol–water partition coefficient (Wildman–Crippen LogP) is 1.87. The fraction of sp³-hybridized carbons (Fsp3) is 0.500. The number of allylic oxidation sites excluding steroid dienone is 2. The molecular formula is C10H14O2. The van der Waals surface area contributed by atoms with E-state index in [0.717, 1.165) is 13.0 Å². The summed E-state index contributed by atoms with van der Waals surface area (Å²) in [5.74, 6) is 0.0348. The average Bonchev–Trinajstić information content (AvgIpc) is 2.08. The van der Waals surface area contributed by atoms with E-state index in [9.17, 15) is 4.79 Å². The number of hydrogen-bond donors (Lipinski definition) is 0. The van der Waals surface area contributed by atoms with E-state index in [0.29, 0.717) is 0 Å². The highest BCUT2D eigenvalue weighted by molar-refractivity contribution is 6.00. The Labute approximate surface area is 72.9 Å². The van der Waals surface area contributed by atoms with E-state index in [2.05, 4.69) is 6.92 Å². The first-order chi connectivity index (χ1) is 5.66. The molecule has 0 radical (unpaired) electrons. The third-order valence-electron chi connectivity index (χ3n) is 1.77. The molecule has 0 fully saturated rings. The Morgan fingerprint density at radius 1 is 1.42 bits per heavy atom. The van der Waals surface area contributed by atoms with E-state index in [1.54, 1.807) is 24.3 Å². The topological polar surface area (TPSA) is 26.3 Å². The molecule has 0 saturated heterocycles. The molecule has 1 rings (SSSR count). The van der Waals surface area contributed by atoms with E-state index in [4.69, 9.17) is 4.74 Å². The molecule has 0 aromatic heterocycles. The van der Waals surface area contributed by atoms with E-state index in [-0.39, 0.29) is 11.4 Å². The van der Waals surface area contributed by atoms with Crippen molar-refractivity contribution >= 4 is 5.78 Å². The van der Waals surface area contributed by atoms with Crippen molar-refractivity contribution in [1.29, 1.82) is 0 Å². The van der Waals surface area contributed by atoms with E-state index in [1.165, 1.54) is 0 Å². The first-order valence-electron chi connectivity index (χ1n) is 4.23. The maximum Gasteiger partial charge on any atom is 0.178 e. The van der Waals surface area contributed by atoms with Crippen LogP contribution in [0.1, 0.15) is 20.3 Å². The van der Waals surface area contributed by atoms with Gasteiger partial charge >= 0.3 is 0 Å². The summed E-state index contributed by atoms with van der Waals surface area (Å²) in [4.78, 5) is 10.8. The fourth-order valence-corrected chi connectivity index (χ4v) is 1.02. The van der Waals surface area contributed by atoms with Gasteiger partial charge in [0, 0.05) is 6.61 Å². The summed E-state index contributed by atoms with van der Waals surface area (Å²) in [6.07, 6.45) is 7.69. The second-order valence-corrected chi connectivity index (χ2v) is 3.10. The van der Waals surface area contributed by atoms with Crippen molar-refractivity contribution in [3.63, 3.8) is 0 Å². The SMILES string of the molecule is CCCOC1(C)C=CC(=O)C=C1. The summed E-state index contributed by atoms with van der Waals surface area (Å²) >= 11 is 0. The van der Waals surface area contributed by atoms with Crippen LogP contribution in [0.25, 0.3) is 0 Å². The molecule has 0 N–H and O–H groups in total. The van der Waals surface area contributed by atoms with Crippen molar-refractivity contribution in [1.82, 2.24) is 0 Å². The third-order valence-corrected chi connectivity index (χ3v) is 1.77. The Balaban J connectivity index is 2.55.